The summed E-state index contributed by atoms with van der Waals surface area (Å²) in [5.74, 6) is 0. The van der Waals surface area contributed by atoms with Gasteiger partial charge < -0.3 is 5.73 Å². The van der Waals surface area contributed by atoms with E-state index in [0.717, 1.165) is 15.5 Å². The van der Waals surface area contributed by atoms with Gasteiger partial charge in [-0.05, 0) is 30.7 Å². The SMILES string of the molecule is Cc1cccc(Sc2c(Cl)cccc2CN)c1. The molecular weight excluding hydrogens is 250 g/mol. The van der Waals surface area contributed by atoms with Gasteiger partial charge in [0.2, 0.25) is 0 Å². The molecule has 0 heterocycles. The van der Waals surface area contributed by atoms with Gasteiger partial charge in [0.05, 0.1) is 5.02 Å². The van der Waals surface area contributed by atoms with Gasteiger partial charge in [0.1, 0.15) is 0 Å². The summed E-state index contributed by atoms with van der Waals surface area (Å²) in [6, 6.07) is 14.2. The molecular formula is C14H14ClNS. The second-order valence-corrected chi connectivity index (χ2v) is 5.34. The summed E-state index contributed by atoms with van der Waals surface area (Å²) in [6.45, 7) is 2.59. The molecule has 0 fully saturated rings. The third-order valence-electron chi connectivity index (χ3n) is 2.48. The van der Waals surface area contributed by atoms with Crippen LogP contribution in [0.3, 0.4) is 0 Å². The third kappa shape index (κ3) is 3.03. The lowest BCUT2D eigenvalue weighted by atomic mass is 10.2. The smallest absolute Gasteiger partial charge is 0.0548 e. The number of aryl methyl sites for hydroxylation is 1. The highest BCUT2D eigenvalue weighted by molar-refractivity contribution is 7.99. The molecule has 0 bridgehead atoms. The van der Waals surface area contributed by atoms with Crippen LogP contribution in [-0.4, -0.2) is 0 Å². The molecule has 17 heavy (non-hydrogen) atoms. The van der Waals surface area contributed by atoms with Crippen molar-refractivity contribution in [2.24, 2.45) is 5.73 Å². The lowest BCUT2D eigenvalue weighted by molar-refractivity contribution is 1.03. The minimum absolute atomic E-state index is 0.509. The van der Waals surface area contributed by atoms with E-state index >= 15 is 0 Å². The van der Waals surface area contributed by atoms with Gasteiger partial charge in [-0.3, -0.25) is 0 Å². The van der Waals surface area contributed by atoms with Crippen LogP contribution in [0.25, 0.3) is 0 Å². The zero-order valence-corrected chi connectivity index (χ0v) is 11.2. The van der Waals surface area contributed by atoms with Crippen LogP contribution in [-0.2, 0) is 6.54 Å². The maximum absolute atomic E-state index is 6.22. The molecule has 0 saturated carbocycles. The fourth-order valence-corrected chi connectivity index (χ4v) is 3.01. The highest BCUT2D eigenvalue weighted by atomic mass is 35.5. The number of hydrogen-bond acceptors (Lipinski definition) is 2. The second kappa shape index (κ2) is 5.58. The van der Waals surface area contributed by atoms with Crippen molar-refractivity contribution in [3.63, 3.8) is 0 Å². The summed E-state index contributed by atoms with van der Waals surface area (Å²) in [6.07, 6.45) is 0. The van der Waals surface area contributed by atoms with E-state index < -0.39 is 0 Å². The van der Waals surface area contributed by atoms with E-state index in [1.807, 2.05) is 18.2 Å². The summed E-state index contributed by atoms with van der Waals surface area (Å²) < 4.78 is 0. The van der Waals surface area contributed by atoms with E-state index in [1.165, 1.54) is 10.5 Å². The molecule has 0 amide bonds. The van der Waals surface area contributed by atoms with Crippen LogP contribution in [0.1, 0.15) is 11.1 Å². The van der Waals surface area contributed by atoms with Gasteiger partial charge in [-0.2, -0.15) is 0 Å². The van der Waals surface area contributed by atoms with Gasteiger partial charge >= 0.3 is 0 Å². The molecule has 0 aliphatic carbocycles. The van der Waals surface area contributed by atoms with Gasteiger partial charge in [-0.1, -0.05) is 53.2 Å². The van der Waals surface area contributed by atoms with Gasteiger partial charge in [0.15, 0.2) is 0 Å². The van der Waals surface area contributed by atoms with Crippen molar-refractivity contribution in [3.8, 4) is 0 Å². The van der Waals surface area contributed by atoms with E-state index in [4.69, 9.17) is 17.3 Å². The molecule has 0 aromatic heterocycles. The minimum atomic E-state index is 0.509. The summed E-state index contributed by atoms with van der Waals surface area (Å²) in [4.78, 5) is 2.25. The molecule has 2 aromatic rings. The maximum atomic E-state index is 6.22. The molecule has 0 saturated heterocycles. The predicted octanol–water partition coefficient (Wildman–Crippen LogP) is 4.26. The zero-order chi connectivity index (χ0) is 12.3. The van der Waals surface area contributed by atoms with Gasteiger partial charge in [-0.15, -0.1) is 0 Å². The Morgan fingerprint density at radius 1 is 1.18 bits per heavy atom. The summed E-state index contributed by atoms with van der Waals surface area (Å²) in [5, 5.41) is 0.763. The number of hydrogen-bond donors (Lipinski definition) is 1. The van der Waals surface area contributed by atoms with Crippen molar-refractivity contribution < 1.29 is 0 Å². The van der Waals surface area contributed by atoms with Crippen LogP contribution < -0.4 is 5.73 Å². The Balaban J connectivity index is 2.35. The van der Waals surface area contributed by atoms with E-state index in [1.54, 1.807) is 11.8 Å². The van der Waals surface area contributed by atoms with Crippen LogP contribution in [0.5, 0.6) is 0 Å². The molecule has 2 rings (SSSR count). The molecule has 3 heteroatoms. The molecule has 0 aliphatic heterocycles. The quantitative estimate of drug-likeness (QED) is 0.896. The number of halogens is 1. The van der Waals surface area contributed by atoms with Crippen LogP contribution >= 0.6 is 23.4 Å². The highest BCUT2D eigenvalue weighted by Crippen LogP contribution is 2.36. The molecule has 0 atom stereocenters. The molecule has 0 unspecified atom stereocenters. The van der Waals surface area contributed by atoms with E-state index in [0.29, 0.717) is 6.54 Å². The Morgan fingerprint density at radius 2 is 1.94 bits per heavy atom. The average Bonchev–Trinajstić information content (AvgIpc) is 2.32. The Morgan fingerprint density at radius 3 is 2.65 bits per heavy atom. The Bertz CT molecular complexity index is 525. The molecule has 2 N–H and O–H groups in total. The minimum Gasteiger partial charge on any atom is -0.326 e. The van der Waals surface area contributed by atoms with Crippen molar-refractivity contribution in [1.82, 2.24) is 0 Å². The van der Waals surface area contributed by atoms with Crippen LogP contribution in [0.2, 0.25) is 5.02 Å². The summed E-state index contributed by atoms with van der Waals surface area (Å²) in [5.41, 5.74) is 8.06. The number of nitrogens with two attached hydrogens (primary N) is 1. The van der Waals surface area contributed by atoms with Gasteiger partial charge in [0.25, 0.3) is 0 Å². The zero-order valence-electron chi connectivity index (χ0n) is 9.61. The normalized spacial score (nSPS) is 10.5. The van der Waals surface area contributed by atoms with Crippen molar-refractivity contribution in [1.29, 1.82) is 0 Å². The van der Waals surface area contributed by atoms with E-state index in [-0.39, 0.29) is 0 Å². The van der Waals surface area contributed by atoms with Gasteiger partial charge in [0, 0.05) is 16.3 Å². The summed E-state index contributed by atoms with van der Waals surface area (Å²) in [7, 11) is 0. The first-order valence-corrected chi connectivity index (χ1v) is 6.62. The fourth-order valence-electron chi connectivity index (χ4n) is 1.63. The van der Waals surface area contributed by atoms with Gasteiger partial charge in [-0.25, -0.2) is 0 Å². The first-order chi connectivity index (χ1) is 8.20. The monoisotopic (exact) mass is 263 g/mol. The Hall–Kier alpha value is -0.960. The topological polar surface area (TPSA) is 26.0 Å². The lowest BCUT2D eigenvalue weighted by Gasteiger charge is -2.09. The summed E-state index contributed by atoms with van der Waals surface area (Å²) >= 11 is 7.89. The first kappa shape index (κ1) is 12.5. The van der Waals surface area contributed by atoms with Crippen molar-refractivity contribution in [3.05, 3.63) is 58.6 Å². The number of benzene rings is 2. The third-order valence-corrected chi connectivity index (χ3v) is 4.08. The fraction of sp³-hybridized carbons (Fsp3) is 0.143. The highest BCUT2D eigenvalue weighted by Gasteiger charge is 2.07. The van der Waals surface area contributed by atoms with E-state index in [9.17, 15) is 0 Å². The molecule has 2 aromatic carbocycles. The van der Waals surface area contributed by atoms with Crippen molar-refractivity contribution in [2.75, 3.05) is 0 Å². The Kier molecular flexibility index (Phi) is 4.11. The average molecular weight is 264 g/mol. The van der Waals surface area contributed by atoms with E-state index in [2.05, 4.69) is 31.2 Å². The molecule has 88 valence electrons. The van der Waals surface area contributed by atoms with Crippen LogP contribution in [0, 0.1) is 6.92 Å². The molecule has 0 aliphatic rings. The van der Waals surface area contributed by atoms with Crippen LogP contribution in [0.4, 0.5) is 0 Å². The van der Waals surface area contributed by atoms with Crippen molar-refractivity contribution >= 4 is 23.4 Å². The molecule has 0 spiro atoms. The largest absolute Gasteiger partial charge is 0.326 e. The second-order valence-electron chi connectivity index (χ2n) is 3.85. The molecule has 0 radical (unpaired) electrons. The molecule has 1 nitrogen and oxygen atoms in total. The predicted molar refractivity (Wildman–Crippen MR) is 74.6 cm³/mol. The standard InChI is InChI=1S/C14H14ClNS/c1-10-4-2-6-12(8-10)17-14-11(9-16)5-3-7-13(14)15/h2-8H,9,16H2,1H3. The maximum Gasteiger partial charge on any atom is 0.0548 e. The lowest BCUT2D eigenvalue weighted by Crippen LogP contribution is -1.98. The number of rotatable bonds is 3. The first-order valence-electron chi connectivity index (χ1n) is 5.42. The van der Waals surface area contributed by atoms with Crippen molar-refractivity contribution in [2.45, 2.75) is 23.3 Å². The Labute approximate surface area is 111 Å². The van der Waals surface area contributed by atoms with Crippen LogP contribution in [0.15, 0.2) is 52.3 Å².